The summed E-state index contributed by atoms with van der Waals surface area (Å²) < 4.78 is 0. The first-order valence-corrected chi connectivity index (χ1v) is 4.63. The molecule has 0 aromatic heterocycles. The molecule has 2 rings (SSSR count). The van der Waals surface area contributed by atoms with Gasteiger partial charge in [0.2, 0.25) is 0 Å². The third-order valence-corrected chi connectivity index (χ3v) is 3.30. The molecule has 1 spiro atoms. The number of likely N-dealkylation sites (tertiary alicyclic amines) is 1. The maximum absolute atomic E-state index is 4.47. The topological polar surface area (TPSA) is 17.3 Å². The molecule has 2 nitrogen and oxygen atoms in total. The van der Waals surface area contributed by atoms with Gasteiger partial charge in [-0.1, -0.05) is 6.42 Å². The fraction of sp³-hybridized carbons (Fsp3) is 1.00. The molecule has 2 aliphatic heterocycles. The van der Waals surface area contributed by atoms with Gasteiger partial charge in [-0.3, -0.25) is 0 Å². The molecule has 12 heavy (non-hydrogen) atoms. The van der Waals surface area contributed by atoms with Gasteiger partial charge in [0.15, 0.2) is 0 Å². The summed E-state index contributed by atoms with van der Waals surface area (Å²) in [6, 6.07) is 0. The Morgan fingerprint density at radius 2 is 1.83 bits per heavy atom. The van der Waals surface area contributed by atoms with E-state index in [2.05, 4.69) is 17.3 Å². The van der Waals surface area contributed by atoms with Crippen molar-refractivity contribution >= 4 is 0 Å². The van der Waals surface area contributed by atoms with Crippen LogP contribution in [0.1, 0.15) is 19.3 Å². The minimum Gasteiger partial charge on any atom is -0.662 e. The third kappa shape index (κ3) is 2.10. The second-order valence-electron chi connectivity index (χ2n) is 4.16. The van der Waals surface area contributed by atoms with Crippen LogP contribution in [-0.4, -0.2) is 38.1 Å². The molecule has 2 fully saturated rings. The summed E-state index contributed by atoms with van der Waals surface area (Å²) in [6.45, 7) is 4.86. The fourth-order valence-electron chi connectivity index (χ4n) is 2.21. The predicted octanol–water partition coefficient (Wildman–Crippen LogP) is 1.47. The number of hydrogen-bond donors (Lipinski definition) is 0. The van der Waals surface area contributed by atoms with Crippen molar-refractivity contribution in [2.75, 3.05) is 33.2 Å². The SMILES string of the molecule is CN1CCC2(CC[N-]C2)CC1.[W]. The normalized spacial score (nSPS) is 28.8. The first kappa shape index (κ1) is 10.7. The molecule has 0 atom stereocenters. The quantitative estimate of drug-likeness (QED) is 0.655. The smallest absolute Gasteiger partial charge is 0 e. The van der Waals surface area contributed by atoms with Crippen molar-refractivity contribution in [2.24, 2.45) is 5.41 Å². The summed E-state index contributed by atoms with van der Waals surface area (Å²) in [5.41, 5.74) is 0.645. The zero-order valence-electron chi connectivity index (χ0n) is 7.75. The van der Waals surface area contributed by atoms with Crippen molar-refractivity contribution in [2.45, 2.75) is 19.3 Å². The molecule has 70 valence electrons. The Hall–Kier alpha value is 0.608. The van der Waals surface area contributed by atoms with Gasteiger partial charge in [0.25, 0.3) is 0 Å². The van der Waals surface area contributed by atoms with Crippen LogP contribution in [0.3, 0.4) is 0 Å². The largest absolute Gasteiger partial charge is 0.662 e. The molecular weight excluding hydrogens is 320 g/mol. The summed E-state index contributed by atoms with van der Waals surface area (Å²) in [5.74, 6) is 0. The van der Waals surface area contributed by atoms with Crippen molar-refractivity contribution in [1.29, 1.82) is 0 Å². The molecule has 0 aromatic rings. The van der Waals surface area contributed by atoms with E-state index in [1.54, 1.807) is 0 Å². The van der Waals surface area contributed by atoms with Crippen LogP contribution >= 0.6 is 0 Å². The van der Waals surface area contributed by atoms with E-state index in [9.17, 15) is 0 Å². The number of hydrogen-bond acceptors (Lipinski definition) is 1. The van der Waals surface area contributed by atoms with Crippen LogP contribution in [0.2, 0.25) is 0 Å². The molecule has 0 saturated carbocycles. The third-order valence-electron chi connectivity index (χ3n) is 3.30. The predicted molar refractivity (Wildman–Crippen MR) is 46.9 cm³/mol. The van der Waals surface area contributed by atoms with Crippen LogP contribution in [0.4, 0.5) is 0 Å². The average molecular weight is 337 g/mol. The zero-order chi connectivity index (χ0) is 7.73. The summed E-state index contributed by atoms with van der Waals surface area (Å²) in [4.78, 5) is 2.43. The van der Waals surface area contributed by atoms with Gasteiger partial charge in [-0.05, 0) is 38.4 Å². The van der Waals surface area contributed by atoms with Gasteiger partial charge in [0.05, 0.1) is 0 Å². The molecule has 2 aliphatic rings. The first-order chi connectivity index (χ1) is 5.31. The van der Waals surface area contributed by atoms with E-state index < -0.39 is 0 Å². The van der Waals surface area contributed by atoms with Crippen LogP contribution in [-0.2, 0) is 21.1 Å². The Bertz CT molecular complexity index is 133. The number of rotatable bonds is 0. The van der Waals surface area contributed by atoms with E-state index in [0.717, 1.165) is 13.1 Å². The van der Waals surface area contributed by atoms with Crippen LogP contribution in [0.25, 0.3) is 5.32 Å². The summed E-state index contributed by atoms with van der Waals surface area (Å²) >= 11 is 0. The minimum absolute atomic E-state index is 0. The Kier molecular flexibility index (Phi) is 3.75. The molecular formula is C9H17N2W-. The molecule has 0 unspecified atom stereocenters. The minimum atomic E-state index is 0. The Morgan fingerprint density at radius 1 is 1.17 bits per heavy atom. The maximum atomic E-state index is 4.47. The van der Waals surface area contributed by atoms with Gasteiger partial charge in [0.1, 0.15) is 0 Å². The van der Waals surface area contributed by atoms with E-state index >= 15 is 0 Å². The molecule has 2 heterocycles. The van der Waals surface area contributed by atoms with Crippen LogP contribution in [0.15, 0.2) is 0 Å². The monoisotopic (exact) mass is 337 g/mol. The summed E-state index contributed by atoms with van der Waals surface area (Å²) in [5, 5.41) is 4.47. The van der Waals surface area contributed by atoms with Gasteiger partial charge in [-0.15, -0.1) is 13.1 Å². The van der Waals surface area contributed by atoms with Gasteiger partial charge < -0.3 is 10.2 Å². The fourth-order valence-corrected chi connectivity index (χ4v) is 2.21. The second-order valence-corrected chi connectivity index (χ2v) is 4.16. The van der Waals surface area contributed by atoms with Gasteiger partial charge >= 0.3 is 0 Å². The van der Waals surface area contributed by atoms with E-state index in [4.69, 9.17) is 0 Å². The van der Waals surface area contributed by atoms with Gasteiger partial charge in [0, 0.05) is 21.1 Å². The molecule has 0 aliphatic carbocycles. The van der Waals surface area contributed by atoms with Crippen molar-refractivity contribution in [3.63, 3.8) is 0 Å². The van der Waals surface area contributed by atoms with Gasteiger partial charge in [-0.2, -0.15) is 0 Å². The Labute approximate surface area is 89.3 Å². The van der Waals surface area contributed by atoms with E-state index in [1.165, 1.54) is 32.4 Å². The van der Waals surface area contributed by atoms with Crippen molar-refractivity contribution in [1.82, 2.24) is 4.90 Å². The van der Waals surface area contributed by atoms with Crippen LogP contribution in [0.5, 0.6) is 0 Å². The van der Waals surface area contributed by atoms with Crippen molar-refractivity contribution in [3.8, 4) is 0 Å². The van der Waals surface area contributed by atoms with E-state index in [1.807, 2.05) is 0 Å². The molecule has 0 N–H and O–H groups in total. The number of piperidine rings is 1. The zero-order valence-corrected chi connectivity index (χ0v) is 10.7. The van der Waals surface area contributed by atoms with Crippen LogP contribution in [0, 0.1) is 5.41 Å². The first-order valence-electron chi connectivity index (χ1n) is 4.63. The summed E-state index contributed by atoms with van der Waals surface area (Å²) in [7, 11) is 2.22. The maximum Gasteiger partial charge on any atom is 0 e. The molecule has 0 aromatic carbocycles. The molecule has 0 bridgehead atoms. The molecule has 3 heteroatoms. The van der Waals surface area contributed by atoms with Crippen LogP contribution < -0.4 is 0 Å². The van der Waals surface area contributed by atoms with E-state index in [0.29, 0.717) is 5.41 Å². The van der Waals surface area contributed by atoms with Crippen molar-refractivity contribution in [3.05, 3.63) is 5.32 Å². The van der Waals surface area contributed by atoms with Crippen molar-refractivity contribution < 1.29 is 21.1 Å². The molecule has 2 saturated heterocycles. The standard InChI is InChI=1S/C9H17N2.W/c1-11-6-3-9(4-7-11)2-5-10-8-9;/h2-8H2,1H3;/q-1;. The Morgan fingerprint density at radius 3 is 2.33 bits per heavy atom. The Balaban J connectivity index is 0.000000720. The molecule has 0 radical (unpaired) electrons. The number of nitrogens with zero attached hydrogens (tertiary/aromatic N) is 2. The average Bonchev–Trinajstić information content (AvgIpc) is 2.45. The molecule has 0 amide bonds. The van der Waals surface area contributed by atoms with E-state index in [-0.39, 0.29) is 21.1 Å². The summed E-state index contributed by atoms with van der Waals surface area (Å²) in [6.07, 6.45) is 4.13. The van der Waals surface area contributed by atoms with Gasteiger partial charge in [-0.25, -0.2) is 0 Å². The second kappa shape index (κ2) is 4.21.